The molecule has 0 unspecified atom stereocenters. The minimum atomic E-state index is -0.940. The Labute approximate surface area is 124 Å². The predicted molar refractivity (Wildman–Crippen MR) is 79.6 cm³/mol. The van der Waals surface area contributed by atoms with Crippen LogP contribution in [0.3, 0.4) is 0 Å². The van der Waals surface area contributed by atoms with Crippen LogP contribution in [-0.4, -0.2) is 36.8 Å². The molecule has 0 bridgehead atoms. The van der Waals surface area contributed by atoms with Crippen LogP contribution in [-0.2, 0) is 11.2 Å². The second kappa shape index (κ2) is 9.63. The van der Waals surface area contributed by atoms with E-state index in [1.54, 1.807) is 0 Å². The van der Waals surface area contributed by atoms with Gasteiger partial charge in [0.2, 0.25) is 0 Å². The third kappa shape index (κ3) is 7.81. The van der Waals surface area contributed by atoms with Gasteiger partial charge in [0.15, 0.2) is 0 Å². The topological polar surface area (TPSA) is 87.7 Å². The van der Waals surface area contributed by atoms with Gasteiger partial charge in [-0.1, -0.05) is 25.5 Å². The molecule has 0 heterocycles. The van der Waals surface area contributed by atoms with Crippen LogP contribution >= 0.6 is 0 Å². The number of carbonyl (C=O) groups is 2. The highest BCUT2D eigenvalue weighted by Crippen LogP contribution is 2.12. The summed E-state index contributed by atoms with van der Waals surface area (Å²) in [7, 11) is 0. The quantitative estimate of drug-likeness (QED) is 0.606. The van der Waals surface area contributed by atoms with Crippen LogP contribution in [0.1, 0.15) is 25.3 Å². The maximum absolute atomic E-state index is 11.3. The average Bonchev–Trinajstić information content (AvgIpc) is 2.45. The van der Waals surface area contributed by atoms with Gasteiger partial charge >= 0.3 is 12.0 Å². The Morgan fingerprint density at radius 2 is 1.81 bits per heavy atom. The summed E-state index contributed by atoms with van der Waals surface area (Å²) in [5.74, 6) is -0.173. The lowest BCUT2D eigenvalue weighted by Gasteiger charge is -2.09. The van der Waals surface area contributed by atoms with Crippen molar-refractivity contribution in [2.24, 2.45) is 0 Å². The van der Waals surface area contributed by atoms with Crippen molar-refractivity contribution in [3.8, 4) is 5.75 Å². The van der Waals surface area contributed by atoms with E-state index in [0.717, 1.165) is 18.6 Å². The molecule has 0 spiro atoms. The van der Waals surface area contributed by atoms with E-state index < -0.39 is 12.0 Å². The van der Waals surface area contributed by atoms with E-state index in [0.29, 0.717) is 13.2 Å². The van der Waals surface area contributed by atoms with Gasteiger partial charge in [-0.05, 0) is 24.1 Å². The third-order valence-electron chi connectivity index (χ3n) is 2.74. The average molecular weight is 294 g/mol. The molecule has 1 rings (SSSR count). The standard InChI is InChI=1S/C15H22N2O4/c1-2-3-12-4-6-13(7-5-12)21-11-10-17-15(20)16-9-8-14(18)19/h4-7H,2-3,8-11H2,1H3,(H,18,19)(H2,16,17,20). The largest absolute Gasteiger partial charge is 0.492 e. The van der Waals surface area contributed by atoms with Crippen molar-refractivity contribution < 1.29 is 19.4 Å². The molecule has 3 N–H and O–H groups in total. The summed E-state index contributed by atoms with van der Waals surface area (Å²) in [5.41, 5.74) is 1.28. The molecule has 2 amide bonds. The molecule has 0 aliphatic rings. The molecule has 0 radical (unpaired) electrons. The van der Waals surface area contributed by atoms with Gasteiger partial charge in [0, 0.05) is 6.54 Å². The van der Waals surface area contributed by atoms with Gasteiger partial charge in [-0.2, -0.15) is 0 Å². The second-order valence-corrected chi connectivity index (χ2v) is 4.57. The van der Waals surface area contributed by atoms with Crippen LogP contribution in [0.15, 0.2) is 24.3 Å². The number of carboxylic acid groups (broad SMARTS) is 1. The van der Waals surface area contributed by atoms with Crippen molar-refractivity contribution in [3.05, 3.63) is 29.8 Å². The number of ether oxygens (including phenoxy) is 1. The molecule has 116 valence electrons. The monoisotopic (exact) mass is 294 g/mol. The van der Waals surface area contributed by atoms with Crippen LogP contribution in [0, 0.1) is 0 Å². The predicted octanol–water partition coefficient (Wildman–Crippen LogP) is 1.79. The highest BCUT2D eigenvalue weighted by molar-refractivity contribution is 5.74. The van der Waals surface area contributed by atoms with E-state index in [1.807, 2.05) is 24.3 Å². The first-order valence-electron chi connectivity index (χ1n) is 7.07. The SMILES string of the molecule is CCCc1ccc(OCCNC(=O)NCCC(=O)O)cc1. The highest BCUT2D eigenvalue weighted by atomic mass is 16.5. The van der Waals surface area contributed by atoms with Crippen LogP contribution in [0.4, 0.5) is 4.79 Å². The summed E-state index contributed by atoms with van der Waals surface area (Å²) in [6, 6.07) is 7.50. The van der Waals surface area contributed by atoms with Crippen LogP contribution in [0.25, 0.3) is 0 Å². The van der Waals surface area contributed by atoms with Gasteiger partial charge in [-0.15, -0.1) is 0 Å². The van der Waals surface area contributed by atoms with E-state index in [9.17, 15) is 9.59 Å². The van der Waals surface area contributed by atoms with Crippen LogP contribution in [0.5, 0.6) is 5.75 Å². The van der Waals surface area contributed by atoms with E-state index >= 15 is 0 Å². The Morgan fingerprint density at radius 1 is 1.14 bits per heavy atom. The van der Waals surface area contributed by atoms with Gasteiger partial charge in [0.1, 0.15) is 12.4 Å². The molecule has 0 aliphatic heterocycles. The fourth-order valence-electron chi connectivity index (χ4n) is 1.72. The van der Waals surface area contributed by atoms with Gasteiger partial charge in [-0.25, -0.2) is 4.79 Å². The van der Waals surface area contributed by atoms with Gasteiger partial charge in [0.25, 0.3) is 0 Å². The Hall–Kier alpha value is -2.24. The fourth-order valence-corrected chi connectivity index (χ4v) is 1.72. The first kappa shape index (κ1) is 16.8. The maximum Gasteiger partial charge on any atom is 0.314 e. The normalized spacial score (nSPS) is 9.95. The van der Waals surface area contributed by atoms with E-state index in [1.165, 1.54) is 5.56 Å². The molecule has 0 aliphatic carbocycles. The van der Waals surface area contributed by atoms with Crippen LogP contribution < -0.4 is 15.4 Å². The lowest BCUT2D eigenvalue weighted by molar-refractivity contribution is -0.136. The Bertz CT molecular complexity index is 445. The molecule has 1 aromatic rings. The summed E-state index contributed by atoms with van der Waals surface area (Å²) in [5, 5.41) is 13.5. The molecule has 0 atom stereocenters. The number of carboxylic acids is 1. The number of benzene rings is 1. The fraction of sp³-hybridized carbons (Fsp3) is 0.467. The van der Waals surface area contributed by atoms with Crippen molar-refractivity contribution >= 4 is 12.0 Å². The lowest BCUT2D eigenvalue weighted by Crippen LogP contribution is -2.38. The zero-order valence-electron chi connectivity index (χ0n) is 12.2. The van der Waals surface area contributed by atoms with Crippen molar-refractivity contribution in [2.45, 2.75) is 26.2 Å². The molecule has 6 nitrogen and oxygen atoms in total. The summed E-state index contributed by atoms with van der Waals surface area (Å²) in [4.78, 5) is 21.6. The molecule has 0 saturated heterocycles. The molecule has 0 fully saturated rings. The maximum atomic E-state index is 11.3. The summed E-state index contributed by atoms with van der Waals surface area (Å²) in [6.45, 7) is 2.97. The smallest absolute Gasteiger partial charge is 0.314 e. The number of nitrogens with one attached hydrogen (secondary N) is 2. The third-order valence-corrected chi connectivity index (χ3v) is 2.74. The Kier molecular flexibility index (Phi) is 7.71. The van der Waals surface area contributed by atoms with Gasteiger partial charge < -0.3 is 20.5 Å². The first-order valence-corrected chi connectivity index (χ1v) is 7.07. The number of aryl methyl sites for hydroxylation is 1. The van der Waals surface area contributed by atoms with Crippen molar-refractivity contribution in [1.29, 1.82) is 0 Å². The Morgan fingerprint density at radius 3 is 2.43 bits per heavy atom. The number of hydrogen-bond acceptors (Lipinski definition) is 3. The highest BCUT2D eigenvalue weighted by Gasteiger charge is 2.01. The van der Waals surface area contributed by atoms with E-state index in [2.05, 4.69) is 17.6 Å². The van der Waals surface area contributed by atoms with Crippen molar-refractivity contribution in [2.75, 3.05) is 19.7 Å². The van der Waals surface area contributed by atoms with Gasteiger partial charge in [-0.3, -0.25) is 4.79 Å². The molecule has 21 heavy (non-hydrogen) atoms. The zero-order valence-corrected chi connectivity index (χ0v) is 12.2. The molecular formula is C15H22N2O4. The zero-order chi connectivity index (χ0) is 15.5. The minimum absolute atomic E-state index is 0.0893. The summed E-state index contributed by atoms with van der Waals surface area (Å²) >= 11 is 0. The molecular weight excluding hydrogens is 272 g/mol. The molecule has 6 heteroatoms. The second-order valence-electron chi connectivity index (χ2n) is 4.57. The molecule has 1 aromatic carbocycles. The van der Waals surface area contributed by atoms with Gasteiger partial charge in [0.05, 0.1) is 13.0 Å². The summed E-state index contributed by atoms with van der Waals surface area (Å²) < 4.78 is 5.50. The van der Waals surface area contributed by atoms with E-state index in [-0.39, 0.29) is 13.0 Å². The van der Waals surface area contributed by atoms with Crippen LogP contribution in [0.2, 0.25) is 0 Å². The van der Waals surface area contributed by atoms with E-state index in [4.69, 9.17) is 9.84 Å². The number of urea groups is 1. The molecule has 0 saturated carbocycles. The van der Waals surface area contributed by atoms with Crippen molar-refractivity contribution in [1.82, 2.24) is 10.6 Å². The van der Waals surface area contributed by atoms with Crippen molar-refractivity contribution in [3.63, 3.8) is 0 Å². The number of hydrogen-bond donors (Lipinski definition) is 3. The Balaban J connectivity index is 2.13. The number of carbonyl (C=O) groups excluding carboxylic acids is 1. The number of rotatable bonds is 9. The first-order chi connectivity index (χ1) is 10.1. The number of amides is 2. The summed E-state index contributed by atoms with van der Waals surface area (Å²) in [6.07, 6.45) is 2.08. The minimum Gasteiger partial charge on any atom is -0.492 e. The lowest BCUT2D eigenvalue weighted by atomic mass is 10.1. The molecule has 0 aromatic heterocycles. The number of aliphatic carboxylic acids is 1.